The first kappa shape index (κ1) is 16.6. The largest absolute Gasteiger partial charge is 0.421 e. The van der Waals surface area contributed by atoms with Gasteiger partial charge in [-0.15, -0.1) is 10.2 Å². The molecule has 1 aliphatic carbocycles. The number of nitrogens with one attached hydrogen (secondary N) is 1. The van der Waals surface area contributed by atoms with Crippen molar-refractivity contribution < 1.29 is 14.3 Å². The summed E-state index contributed by atoms with van der Waals surface area (Å²) in [5.41, 5.74) is 0.0487. The van der Waals surface area contributed by atoms with E-state index in [9.17, 15) is 9.90 Å². The normalized spacial score (nSPS) is 16.7. The van der Waals surface area contributed by atoms with Gasteiger partial charge in [-0.1, -0.05) is 37.5 Å². The van der Waals surface area contributed by atoms with Crippen LogP contribution in [0.25, 0.3) is 11.5 Å². The van der Waals surface area contributed by atoms with Crippen molar-refractivity contribution in [1.82, 2.24) is 15.5 Å². The number of rotatable bonds is 6. The Labute approximate surface area is 141 Å². The third-order valence-corrected chi connectivity index (χ3v) is 4.42. The first-order valence-corrected chi connectivity index (χ1v) is 8.52. The van der Waals surface area contributed by atoms with Crippen LogP contribution in [-0.2, 0) is 11.2 Å². The van der Waals surface area contributed by atoms with Gasteiger partial charge in [0.2, 0.25) is 17.7 Å². The van der Waals surface area contributed by atoms with Gasteiger partial charge < -0.3 is 14.8 Å². The average Bonchev–Trinajstić information content (AvgIpc) is 3.05. The third-order valence-electron chi connectivity index (χ3n) is 4.42. The molecule has 24 heavy (non-hydrogen) atoms. The molecule has 3 rings (SSSR count). The molecule has 2 N–H and O–H groups in total. The van der Waals surface area contributed by atoms with E-state index >= 15 is 0 Å². The van der Waals surface area contributed by atoms with Crippen LogP contribution in [0.3, 0.4) is 0 Å². The predicted octanol–water partition coefficient (Wildman–Crippen LogP) is 2.48. The fourth-order valence-electron chi connectivity index (χ4n) is 3.11. The van der Waals surface area contributed by atoms with Crippen LogP contribution in [-0.4, -0.2) is 33.4 Å². The van der Waals surface area contributed by atoms with Crippen LogP contribution in [0.15, 0.2) is 34.7 Å². The van der Waals surface area contributed by atoms with Crippen molar-refractivity contribution in [3.63, 3.8) is 0 Å². The molecular weight excluding hydrogens is 306 g/mol. The second kappa shape index (κ2) is 7.57. The predicted molar refractivity (Wildman–Crippen MR) is 89.1 cm³/mol. The maximum atomic E-state index is 12.0. The Morgan fingerprint density at radius 2 is 1.92 bits per heavy atom. The zero-order chi connectivity index (χ0) is 16.8. The second-order valence-corrected chi connectivity index (χ2v) is 6.43. The highest BCUT2D eigenvalue weighted by Crippen LogP contribution is 2.30. The standard InChI is InChI=1S/C18H23N3O3/c22-15(13-18(23)10-5-2-6-11-18)19-12-9-16-20-21-17(24-16)14-7-3-1-4-8-14/h1,3-4,7-8,23H,2,5-6,9-13H2,(H,19,22). The van der Waals surface area contributed by atoms with Gasteiger partial charge in [-0.25, -0.2) is 0 Å². The van der Waals surface area contributed by atoms with Gasteiger partial charge in [-0.05, 0) is 25.0 Å². The lowest BCUT2D eigenvalue weighted by molar-refractivity contribution is -0.127. The minimum absolute atomic E-state index is 0.123. The minimum atomic E-state index is -0.826. The Hall–Kier alpha value is -2.21. The number of aliphatic hydroxyl groups is 1. The molecule has 0 radical (unpaired) electrons. The van der Waals surface area contributed by atoms with Gasteiger partial charge in [0.25, 0.3) is 0 Å². The molecule has 2 aromatic rings. The Morgan fingerprint density at radius 1 is 1.17 bits per heavy atom. The average molecular weight is 329 g/mol. The van der Waals surface area contributed by atoms with Gasteiger partial charge in [0.15, 0.2) is 0 Å². The molecular formula is C18H23N3O3. The number of carbonyl (C=O) groups excluding carboxylic acids is 1. The minimum Gasteiger partial charge on any atom is -0.421 e. The van der Waals surface area contributed by atoms with Crippen molar-refractivity contribution in [1.29, 1.82) is 0 Å². The first-order valence-electron chi connectivity index (χ1n) is 8.52. The molecule has 1 aliphatic rings. The number of amides is 1. The van der Waals surface area contributed by atoms with E-state index in [2.05, 4.69) is 15.5 Å². The summed E-state index contributed by atoms with van der Waals surface area (Å²) >= 11 is 0. The van der Waals surface area contributed by atoms with Crippen LogP contribution in [0.1, 0.15) is 44.4 Å². The molecule has 1 fully saturated rings. The van der Waals surface area contributed by atoms with Gasteiger partial charge in [0.1, 0.15) is 0 Å². The summed E-state index contributed by atoms with van der Waals surface area (Å²) in [7, 11) is 0. The molecule has 6 heteroatoms. The quantitative estimate of drug-likeness (QED) is 0.850. The van der Waals surface area contributed by atoms with E-state index in [-0.39, 0.29) is 12.3 Å². The molecule has 0 unspecified atom stereocenters. The van der Waals surface area contributed by atoms with E-state index in [1.54, 1.807) is 0 Å². The summed E-state index contributed by atoms with van der Waals surface area (Å²) in [5.74, 6) is 0.848. The van der Waals surface area contributed by atoms with Crippen LogP contribution in [0.2, 0.25) is 0 Å². The van der Waals surface area contributed by atoms with Crippen molar-refractivity contribution in [3.05, 3.63) is 36.2 Å². The number of hydrogen-bond acceptors (Lipinski definition) is 5. The summed E-state index contributed by atoms with van der Waals surface area (Å²) in [6, 6.07) is 9.56. The Bertz CT molecular complexity index is 663. The van der Waals surface area contributed by atoms with Crippen LogP contribution in [0, 0.1) is 0 Å². The molecule has 0 atom stereocenters. The van der Waals surface area contributed by atoms with Gasteiger partial charge in [-0.3, -0.25) is 4.79 Å². The zero-order valence-electron chi connectivity index (χ0n) is 13.7. The lowest BCUT2D eigenvalue weighted by Gasteiger charge is -2.31. The van der Waals surface area contributed by atoms with E-state index in [1.807, 2.05) is 30.3 Å². The second-order valence-electron chi connectivity index (χ2n) is 6.43. The Morgan fingerprint density at radius 3 is 2.67 bits per heavy atom. The van der Waals surface area contributed by atoms with E-state index in [1.165, 1.54) is 0 Å². The third kappa shape index (κ3) is 4.41. The van der Waals surface area contributed by atoms with Crippen molar-refractivity contribution in [2.45, 2.75) is 50.5 Å². The highest BCUT2D eigenvalue weighted by Gasteiger charge is 2.31. The van der Waals surface area contributed by atoms with Crippen LogP contribution < -0.4 is 5.32 Å². The van der Waals surface area contributed by atoms with Crippen LogP contribution in [0.5, 0.6) is 0 Å². The topological polar surface area (TPSA) is 88.2 Å². The smallest absolute Gasteiger partial charge is 0.247 e. The number of benzene rings is 1. The van der Waals surface area contributed by atoms with Crippen molar-refractivity contribution >= 4 is 5.91 Å². The van der Waals surface area contributed by atoms with Gasteiger partial charge in [0, 0.05) is 18.5 Å². The van der Waals surface area contributed by atoms with E-state index in [0.717, 1.165) is 24.8 Å². The molecule has 1 saturated carbocycles. The monoisotopic (exact) mass is 329 g/mol. The van der Waals surface area contributed by atoms with E-state index in [0.29, 0.717) is 37.6 Å². The molecule has 0 aliphatic heterocycles. The van der Waals surface area contributed by atoms with Crippen molar-refractivity contribution in [2.24, 2.45) is 0 Å². The number of nitrogens with zero attached hydrogens (tertiary/aromatic N) is 2. The molecule has 0 spiro atoms. The number of hydrogen-bond donors (Lipinski definition) is 2. The van der Waals surface area contributed by atoms with E-state index < -0.39 is 5.60 Å². The maximum Gasteiger partial charge on any atom is 0.247 e. The lowest BCUT2D eigenvalue weighted by atomic mass is 9.82. The summed E-state index contributed by atoms with van der Waals surface area (Å²) in [6.45, 7) is 0.422. The molecule has 1 heterocycles. The molecule has 6 nitrogen and oxygen atoms in total. The number of carbonyl (C=O) groups is 1. The molecule has 0 saturated heterocycles. The van der Waals surface area contributed by atoms with Gasteiger partial charge >= 0.3 is 0 Å². The molecule has 1 aromatic heterocycles. The maximum absolute atomic E-state index is 12.0. The molecule has 0 bridgehead atoms. The Balaban J connectivity index is 1.45. The molecule has 128 valence electrons. The molecule has 1 aromatic carbocycles. The van der Waals surface area contributed by atoms with Gasteiger partial charge in [0.05, 0.1) is 12.0 Å². The van der Waals surface area contributed by atoms with Crippen molar-refractivity contribution in [3.8, 4) is 11.5 Å². The summed E-state index contributed by atoms with van der Waals surface area (Å²) in [5, 5.41) is 21.2. The van der Waals surface area contributed by atoms with Gasteiger partial charge in [-0.2, -0.15) is 0 Å². The highest BCUT2D eigenvalue weighted by atomic mass is 16.4. The molecule has 1 amide bonds. The summed E-state index contributed by atoms with van der Waals surface area (Å²) in [4.78, 5) is 12.0. The lowest BCUT2D eigenvalue weighted by Crippen LogP contribution is -2.38. The van der Waals surface area contributed by atoms with Crippen molar-refractivity contribution in [2.75, 3.05) is 6.54 Å². The summed E-state index contributed by atoms with van der Waals surface area (Å²) in [6.07, 6.45) is 5.21. The fourth-order valence-corrected chi connectivity index (χ4v) is 3.11. The van der Waals surface area contributed by atoms with Crippen LogP contribution in [0.4, 0.5) is 0 Å². The highest BCUT2D eigenvalue weighted by molar-refractivity contribution is 5.77. The first-order chi connectivity index (χ1) is 11.6. The SMILES string of the molecule is O=C(CC1(O)CCCCC1)NCCc1nnc(-c2ccccc2)o1. The zero-order valence-corrected chi connectivity index (χ0v) is 13.7. The van der Waals surface area contributed by atoms with E-state index in [4.69, 9.17) is 4.42 Å². The Kier molecular flexibility index (Phi) is 5.25. The number of aromatic nitrogens is 2. The van der Waals surface area contributed by atoms with Crippen LogP contribution >= 0.6 is 0 Å². The fraction of sp³-hybridized carbons (Fsp3) is 0.500. The summed E-state index contributed by atoms with van der Waals surface area (Å²) < 4.78 is 5.60.